The Kier molecular flexibility index (Phi) is 60.9. The van der Waals surface area contributed by atoms with Crippen molar-refractivity contribution in [1.82, 2.24) is 5.32 Å². The molecule has 0 saturated carbocycles. The second-order valence-electron chi connectivity index (χ2n) is 25.0. The van der Waals surface area contributed by atoms with Crippen molar-refractivity contribution in [3.8, 4) is 0 Å². The van der Waals surface area contributed by atoms with E-state index in [2.05, 4.69) is 92.1 Å². The van der Waals surface area contributed by atoms with Crippen molar-refractivity contribution in [1.29, 1.82) is 0 Å². The molecule has 1 saturated heterocycles. The number of amides is 1. The predicted molar refractivity (Wildman–Crippen MR) is 364 cm³/mol. The fourth-order valence-electron chi connectivity index (χ4n) is 11.3. The molecule has 0 aliphatic carbocycles. The van der Waals surface area contributed by atoms with Crippen LogP contribution in [0.3, 0.4) is 0 Å². The third-order valence-electron chi connectivity index (χ3n) is 17.0. The molecule has 9 nitrogen and oxygen atoms in total. The van der Waals surface area contributed by atoms with Crippen LogP contribution in [0.5, 0.6) is 0 Å². The van der Waals surface area contributed by atoms with E-state index in [1.165, 1.54) is 244 Å². The van der Waals surface area contributed by atoms with Crippen LogP contribution in [0.25, 0.3) is 0 Å². The van der Waals surface area contributed by atoms with E-state index in [4.69, 9.17) is 9.47 Å². The highest BCUT2D eigenvalue weighted by Crippen LogP contribution is 2.23. The molecule has 1 fully saturated rings. The average molecular weight is 1190 g/mol. The maximum atomic E-state index is 13.1. The van der Waals surface area contributed by atoms with Gasteiger partial charge < -0.3 is 40.3 Å². The van der Waals surface area contributed by atoms with Crippen molar-refractivity contribution in [3.05, 3.63) is 85.1 Å². The fourth-order valence-corrected chi connectivity index (χ4v) is 11.3. The zero-order valence-corrected chi connectivity index (χ0v) is 55.4. The maximum absolute atomic E-state index is 13.1. The third-order valence-corrected chi connectivity index (χ3v) is 17.0. The minimum Gasteiger partial charge on any atom is -0.394 e. The van der Waals surface area contributed by atoms with Gasteiger partial charge in [-0.1, -0.05) is 336 Å². The van der Waals surface area contributed by atoms with Gasteiger partial charge in [0.25, 0.3) is 0 Å². The molecule has 0 spiro atoms. The summed E-state index contributed by atoms with van der Waals surface area (Å²) in [6, 6.07) is -0.825. The van der Waals surface area contributed by atoms with E-state index in [-0.39, 0.29) is 12.5 Å². The first-order valence-corrected chi connectivity index (χ1v) is 36.3. The lowest BCUT2D eigenvalue weighted by molar-refractivity contribution is -0.302. The Bertz CT molecular complexity index is 1620. The topological polar surface area (TPSA) is 149 Å². The van der Waals surface area contributed by atoms with Crippen LogP contribution in [-0.2, 0) is 14.3 Å². The largest absolute Gasteiger partial charge is 0.394 e. The molecule has 7 atom stereocenters. The molecule has 494 valence electrons. The van der Waals surface area contributed by atoms with Gasteiger partial charge in [-0.05, 0) is 77.0 Å². The minimum atomic E-state index is -1.57. The SMILES string of the molecule is CC/C=C\C/C=C\C/C=C\C/C=C\C/C=C\CCCCCCCCCCCCCCCCCCCCCCCC(=O)NC(COC1OC(CO)C(O)C(O)C1O)C(O)/C=C/CC/C=C/CCCCCCCCCCCCCCCCCCCCC. The standard InChI is InChI=1S/C76H137NO8/c1-3-5-7-9-11-13-15-17-19-21-23-25-27-29-30-31-32-33-34-35-36-37-38-39-40-42-44-46-48-50-52-54-56-58-60-62-64-66-72(80)77-69(68-84-76-75(83)74(82)73(81)71(67-78)85-76)70(79)65-63-61-59-57-55-53-51-49-47-45-43-41-28-26-24-22-20-18-16-14-12-10-8-6-4-2/h5,7,11,13,17,19,23,25,29-30,55,57,63,65,69-71,73-76,78-79,81-83H,3-4,6,8-10,12,14-16,18,20-22,24,26-28,31-54,56,58-62,64,66-68H2,1-2H3,(H,77,80)/b7-5-,13-11-,19-17-,25-23-,30-29-,57-55+,65-63+. The van der Waals surface area contributed by atoms with Crippen molar-refractivity contribution in [2.24, 2.45) is 0 Å². The van der Waals surface area contributed by atoms with Crippen molar-refractivity contribution in [3.63, 3.8) is 0 Å². The lowest BCUT2D eigenvalue weighted by atomic mass is 9.99. The van der Waals surface area contributed by atoms with Crippen LogP contribution >= 0.6 is 0 Å². The highest BCUT2D eigenvalue weighted by molar-refractivity contribution is 5.76. The number of rotatable bonds is 63. The lowest BCUT2D eigenvalue weighted by Crippen LogP contribution is -2.60. The van der Waals surface area contributed by atoms with Gasteiger partial charge in [-0.3, -0.25) is 4.79 Å². The molecule has 85 heavy (non-hydrogen) atoms. The molecule has 1 amide bonds. The Morgan fingerprint density at radius 2 is 0.741 bits per heavy atom. The molecule has 0 radical (unpaired) electrons. The van der Waals surface area contributed by atoms with E-state index in [1.807, 2.05) is 6.08 Å². The Morgan fingerprint density at radius 3 is 1.13 bits per heavy atom. The van der Waals surface area contributed by atoms with Crippen molar-refractivity contribution in [2.75, 3.05) is 13.2 Å². The normalized spacial score (nSPS) is 18.6. The summed E-state index contributed by atoms with van der Waals surface area (Å²) in [7, 11) is 0. The van der Waals surface area contributed by atoms with Crippen LogP contribution in [0, 0.1) is 0 Å². The van der Waals surface area contributed by atoms with Gasteiger partial charge in [0.2, 0.25) is 5.91 Å². The summed E-state index contributed by atoms with van der Waals surface area (Å²) >= 11 is 0. The van der Waals surface area contributed by atoms with Gasteiger partial charge in [0.05, 0.1) is 25.4 Å². The van der Waals surface area contributed by atoms with Gasteiger partial charge >= 0.3 is 0 Å². The predicted octanol–water partition coefficient (Wildman–Crippen LogP) is 20.1. The monoisotopic (exact) mass is 1190 g/mol. The molecule has 1 rings (SSSR count). The highest BCUT2D eigenvalue weighted by Gasteiger charge is 2.44. The number of hydrogen-bond acceptors (Lipinski definition) is 8. The number of carbonyl (C=O) groups excluding carboxylic acids is 1. The average Bonchev–Trinajstić information content (AvgIpc) is 3.57. The summed E-state index contributed by atoms with van der Waals surface area (Å²) in [5.41, 5.74) is 0. The summed E-state index contributed by atoms with van der Waals surface area (Å²) in [4.78, 5) is 13.1. The summed E-state index contributed by atoms with van der Waals surface area (Å²) in [5.74, 6) is -0.182. The molecule has 0 bridgehead atoms. The molecule has 9 heteroatoms. The Hall–Kier alpha value is -2.63. The van der Waals surface area contributed by atoms with Gasteiger partial charge in [-0.15, -0.1) is 0 Å². The van der Waals surface area contributed by atoms with Gasteiger partial charge in [-0.25, -0.2) is 0 Å². The van der Waals surface area contributed by atoms with Gasteiger partial charge in [0.1, 0.15) is 24.4 Å². The molecule has 0 aromatic rings. The third kappa shape index (κ3) is 53.0. The van der Waals surface area contributed by atoms with E-state index in [9.17, 15) is 30.3 Å². The summed E-state index contributed by atoms with van der Waals surface area (Å²) in [6.45, 7) is 3.69. The quantitative estimate of drug-likeness (QED) is 0.0261. The van der Waals surface area contributed by atoms with E-state index < -0.39 is 49.5 Å². The number of allylic oxidation sites excluding steroid dienone is 13. The van der Waals surface area contributed by atoms with Crippen molar-refractivity contribution >= 4 is 5.91 Å². The van der Waals surface area contributed by atoms with Crippen LogP contribution in [0.15, 0.2) is 85.1 Å². The van der Waals surface area contributed by atoms with Gasteiger partial charge in [-0.2, -0.15) is 0 Å². The second-order valence-corrected chi connectivity index (χ2v) is 25.0. The molecule has 7 unspecified atom stereocenters. The smallest absolute Gasteiger partial charge is 0.220 e. The van der Waals surface area contributed by atoms with E-state index in [0.29, 0.717) is 6.42 Å². The van der Waals surface area contributed by atoms with E-state index in [1.54, 1.807) is 6.08 Å². The van der Waals surface area contributed by atoms with Crippen LogP contribution < -0.4 is 5.32 Å². The number of nitrogens with one attached hydrogen (secondary N) is 1. The molecular weight excluding hydrogens is 1050 g/mol. The first-order chi connectivity index (χ1) is 41.8. The molecule has 1 heterocycles. The van der Waals surface area contributed by atoms with E-state index in [0.717, 1.165) is 70.6 Å². The van der Waals surface area contributed by atoms with Crippen LogP contribution in [0.4, 0.5) is 0 Å². The number of ether oxygens (including phenoxy) is 2. The summed E-state index contributed by atoms with van der Waals surface area (Å²) in [5, 5.41) is 54.8. The molecule has 1 aliphatic heterocycles. The zero-order chi connectivity index (χ0) is 61.4. The fraction of sp³-hybridized carbons (Fsp3) is 0.803. The zero-order valence-electron chi connectivity index (χ0n) is 55.4. The first-order valence-electron chi connectivity index (χ1n) is 36.3. The highest BCUT2D eigenvalue weighted by atomic mass is 16.7. The van der Waals surface area contributed by atoms with Crippen LogP contribution in [-0.4, -0.2) is 87.5 Å². The molecule has 1 aliphatic rings. The van der Waals surface area contributed by atoms with Crippen LogP contribution in [0.1, 0.15) is 335 Å². The molecular formula is C76H137NO8. The lowest BCUT2D eigenvalue weighted by Gasteiger charge is -2.40. The van der Waals surface area contributed by atoms with Crippen molar-refractivity contribution in [2.45, 2.75) is 378 Å². The summed E-state index contributed by atoms with van der Waals surface area (Å²) < 4.78 is 11.3. The molecule has 0 aromatic carbocycles. The Morgan fingerprint density at radius 1 is 0.412 bits per heavy atom. The Balaban J connectivity index is 2.11. The minimum absolute atomic E-state index is 0.182. The van der Waals surface area contributed by atoms with Gasteiger partial charge in [0.15, 0.2) is 6.29 Å². The Labute approximate surface area is 524 Å². The van der Waals surface area contributed by atoms with E-state index >= 15 is 0 Å². The second kappa shape index (κ2) is 64.4. The molecule has 0 aromatic heterocycles. The number of unbranched alkanes of at least 4 members (excludes halogenated alkanes) is 41. The number of carbonyl (C=O) groups is 1. The maximum Gasteiger partial charge on any atom is 0.220 e. The summed E-state index contributed by atoms with van der Waals surface area (Å²) in [6.07, 6.45) is 85.6. The van der Waals surface area contributed by atoms with Crippen molar-refractivity contribution < 1.29 is 39.8 Å². The molecule has 6 N–H and O–H groups in total. The number of aliphatic hydroxyl groups is 5. The number of hydrogen-bond donors (Lipinski definition) is 6. The number of aliphatic hydroxyl groups excluding tert-OH is 5. The first kappa shape index (κ1) is 80.4. The van der Waals surface area contributed by atoms with Gasteiger partial charge in [0, 0.05) is 6.42 Å². The van der Waals surface area contributed by atoms with Crippen LogP contribution in [0.2, 0.25) is 0 Å².